The summed E-state index contributed by atoms with van der Waals surface area (Å²) >= 11 is 5.96. The van der Waals surface area contributed by atoms with Crippen LogP contribution in [0.4, 0.5) is 10.5 Å². The number of benzene rings is 2. The number of methoxy groups -OCH3 is 1. The molecule has 0 bridgehead atoms. The van der Waals surface area contributed by atoms with Crippen LogP contribution in [0.25, 0.3) is 0 Å². The zero-order valence-corrected chi connectivity index (χ0v) is 20.0. The van der Waals surface area contributed by atoms with Crippen molar-refractivity contribution in [3.8, 4) is 5.75 Å². The summed E-state index contributed by atoms with van der Waals surface area (Å²) in [6.07, 6.45) is 0. The third kappa shape index (κ3) is 6.08. The quantitative estimate of drug-likeness (QED) is 0.414. The van der Waals surface area contributed by atoms with Gasteiger partial charge in [-0.15, -0.1) is 0 Å². The average molecular weight is 470 g/mol. The van der Waals surface area contributed by atoms with Gasteiger partial charge in [-0.25, -0.2) is 9.59 Å². The van der Waals surface area contributed by atoms with E-state index in [9.17, 15) is 9.59 Å². The van der Waals surface area contributed by atoms with Gasteiger partial charge in [-0.05, 0) is 73.9 Å². The molecule has 3 aromatic rings. The molecule has 33 heavy (non-hydrogen) atoms. The van der Waals surface area contributed by atoms with Gasteiger partial charge in [-0.2, -0.15) is 0 Å². The van der Waals surface area contributed by atoms with Gasteiger partial charge in [0.05, 0.1) is 20.3 Å². The highest BCUT2D eigenvalue weighted by molar-refractivity contribution is 6.30. The molecule has 2 N–H and O–H groups in total. The molecular weight excluding hydrogens is 442 g/mol. The number of rotatable bonds is 8. The van der Waals surface area contributed by atoms with Crippen LogP contribution < -0.4 is 10.1 Å². The lowest BCUT2D eigenvalue weighted by Gasteiger charge is -2.23. The van der Waals surface area contributed by atoms with Gasteiger partial charge in [-0.3, -0.25) is 0 Å². The summed E-state index contributed by atoms with van der Waals surface area (Å²) in [5.74, 6) is 0.336. The summed E-state index contributed by atoms with van der Waals surface area (Å²) in [7, 11) is 1.61. The SMILES string of the molecule is CCOC(=O)c1[nH]c(CN(Cc2ccc(OC)cc2)C(=O)Nc2ccc(Cl)cc2)c(C)c1C. The van der Waals surface area contributed by atoms with Crippen molar-refractivity contribution in [3.05, 3.63) is 81.6 Å². The van der Waals surface area contributed by atoms with Crippen molar-refractivity contribution in [1.29, 1.82) is 0 Å². The van der Waals surface area contributed by atoms with Crippen molar-refractivity contribution in [3.63, 3.8) is 0 Å². The van der Waals surface area contributed by atoms with Crippen molar-refractivity contribution in [2.75, 3.05) is 19.0 Å². The Balaban J connectivity index is 1.87. The minimum absolute atomic E-state index is 0.275. The van der Waals surface area contributed by atoms with E-state index in [1.807, 2.05) is 38.1 Å². The van der Waals surface area contributed by atoms with Crippen molar-refractivity contribution in [2.45, 2.75) is 33.9 Å². The Kier molecular flexibility index (Phi) is 8.01. The van der Waals surface area contributed by atoms with Crippen LogP contribution in [0.2, 0.25) is 5.02 Å². The van der Waals surface area contributed by atoms with E-state index >= 15 is 0 Å². The maximum atomic E-state index is 13.2. The lowest BCUT2D eigenvalue weighted by atomic mass is 10.1. The maximum absolute atomic E-state index is 13.2. The Morgan fingerprint density at radius 3 is 2.27 bits per heavy atom. The predicted molar refractivity (Wildman–Crippen MR) is 129 cm³/mol. The number of carbonyl (C=O) groups is 2. The Morgan fingerprint density at radius 1 is 1.00 bits per heavy atom. The molecule has 0 aliphatic heterocycles. The number of hydrogen-bond acceptors (Lipinski definition) is 4. The summed E-state index contributed by atoms with van der Waals surface area (Å²) in [6.45, 7) is 6.48. The van der Waals surface area contributed by atoms with Gasteiger partial charge in [0, 0.05) is 22.9 Å². The average Bonchev–Trinajstić information content (AvgIpc) is 3.09. The molecule has 2 aromatic carbocycles. The number of halogens is 1. The monoisotopic (exact) mass is 469 g/mol. The lowest BCUT2D eigenvalue weighted by Crippen LogP contribution is -2.34. The van der Waals surface area contributed by atoms with Crippen LogP contribution >= 0.6 is 11.6 Å². The topological polar surface area (TPSA) is 83.7 Å². The summed E-state index contributed by atoms with van der Waals surface area (Å²) in [6, 6.07) is 14.2. The van der Waals surface area contributed by atoms with Crippen LogP contribution in [0.1, 0.15) is 39.8 Å². The number of ether oxygens (including phenoxy) is 2. The third-order valence-electron chi connectivity index (χ3n) is 5.41. The first-order chi connectivity index (χ1) is 15.8. The maximum Gasteiger partial charge on any atom is 0.355 e. The molecule has 0 fully saturated rings. The number of aromatic nitrogens is 1. The summed E-state index contributed by atoms with van der Waals surface area (Å²) in [5.41, 5.74) is 4.48. The first-order valence-electron chi connectivity index (χ1n) is 10.6. The number of hydrogen-bond donors (Lipinski definition) is 2. The van der Waals surface area contributed by atoms with Gasteiger partial charge in [0.2, 0.25) is 0 Å². The van der Waals surface area contributed by atoms with Crippen LogP contribution in [-0.4, -0.2) is 35.6 Å². The van der Waals surface area contributed by atoms with Gasteiger partial charge in [0.15, 0.2) is 0 Å². The summed E-state index contributed by atoms with van der Waals surface area (Å²) in [5, 5.41) is 3.50. The van der Waals surface area contributed by atoms with Crippen molar-refractivity contribution in [2.24, 2.45) is 0 Å². The number of aromatic amines is 1. The minimum atomic E-state index is -0.406. The van der Waals surface area contributed by atoms with Crippen LogP contribution in [0.15, 0.2) is 48.5 Å². The van der Waals surface area contributed by atoms with Gasteiger partial charge >= 0.3 is 12.0 Å². The second kappa shape index (κ2) is 10.9. The normalized spacial score (nSPS) is 10.6. The lowest BCUT2D eigenvalue weighted by molar-refractivity contribution is 0.0519. The first kappa shape index (κ1) is 24.2. The molecular formula is C25H28ClN3O4. The van der Waals surface area contributed by atoms with Crippen LogP contribution in [0.3, 0.4) is 0 Å². The van der Waals surface area contributed by atoms with E-state index in [1.165, 1.54) is 0 Å². The molecule has 3 rings (SSSR count). The standard InChI is InChI=1S/C25H28ClN3O4/c1-5-33-24(30)23-17(3)16(2)22(28-23)15-29(14-18-6-12-21(32-4)13-7-18)25(31)27-20-10-8-19(26)9-11-20/h6-13,28H,5,14-15H2,1-4H3,(H,27,31). The van der Waals surface area contributed by atoms with Gasteiger partial charge in [-0.1, -0.05) is 23.7 Å². The molecule has 0 radical (unpaired) electrons. The molecule has 0 aliphatic rings. The zero-order valence-electron chi connectivity index (χ0n) is 19.2. The number of esters is 1. The molecule has 0 spiro atoms. The predicted octanol–water partition coefficient (Wildman–Crippen LogP) is 5.70. The number of H-pyrrole nitrogens is 1. The third-order valence-corrected chi connectivity index (χ3v) is 5.66. The summed E-state index contributed by atoms with van der Waals surface area (Å²) < 4.78 is 10.4. The van der Waals surface area contributed by atoms with Crippen LogP contribution in [-0.2, 0) is 17.8 Å². The summed E-state index contributed by atoms with van der Waals surface area (Å²) in [4.78, 5) is 30.4. The van der Waals surface area contributed by atoms with Gasteiger partial charge < -0.3 is 24.7 Å². The molecule has 0 saturated carbocycles. The number of urea groups is 1. The fourth-order valence-corrected chi connectivity index (χ4v) is 3.52. The highest BCUT2D eigenvalue weighted by atomic mass is 35.5. The molecule has 2 amide bonds. The molecule has 7 nitrogen and oxygen atoms in total. The Bertz CT molecular complexity index is 1110. The molecule has 174 valence electrons. The Morgan fingerprint density at radius 2 is 1.67 bits per heavy atom. The first-order valence-corrected chi connectivity index (χ1v) is 11.0. The number of anilines is 1. The second-order valence-corrected chi connectivity index (χ2v) is 8.03. The molecule has 8 heteroatoms. The van der Waals surface area contributed by atoms with E-state index in [-0.39, 0.29) is 12.6 Å². The van der Waals surface area contributed by atoms with E-state index in [2.05, 4.69) is 10.3 Å². The fraction of sp³-hybridized carbons (Fsp3) is 0.280. The highest BCUT2D eigenvalue weighted by Gasteiger charge is 2.22. The fourth-order valence-electron chi connectivity index (χ4n) is 3.40. The van der Waals surface area contributed by atoms with Crippen LogP contribution in [0.5, 0.6) is 5.75 Å². The molecule has 0 atom stereocenters. The smallest absolute Gasteiger partial charge is 0.355 e. The van der Waals surface area contributed by atoms with E-state index in [1.54, 1.807) is 43.2 Å². The number of carbonyl (C=O) groups excluding carboxylic acids is 2. The van der Waals surface area contributed by atoms with Gasteiger partial charge in [0.1, 0.15) is 11.4 Å². The van der Waals surface area contributed by atoms with Gasteiger partial charge in [0.25, 0.3) is 0 Å². The van der Waals surface area contributed by atoms with Crippen molar-refractivity contribution in [1.82, 2.24) is 9.88 Å². The van der Waals surface area contributed by atoms with Crippen molar-refractivity contribution >= 4 is 29.3 Å². The molecule has 0 unspecified atom stereocenters. The largest absolute Gasteiger partial charge is 0.497 e. The van der Waals surface area contributed by atoms with E-state index in [4.69, 9.17) is 21.1 Å². The zero-order chi connectivity index (χ0) is 24.0. The van der Waals surface area contributed by atoms with Crippen molar-refractivity contribution < 1.29 is 19.1 Å². The van der Waals surface area contributed by atoms with Crippen LogP contribution in [0, 0.1) is 13.8 Å². The van der Waals surface area contributed by atoms with E-state index in [0.717, 1.165) is 28.1 Å². The van der Waals surface area contributed by atoms with E-state index < -0.39 is 5.97 Å². The molecule has 1 aromatic heterocycles. The molecule has 0 aliphatic carbocycles. The van der Waals surface area contributed by atoms with E-state index in [0.29, 0.717) is 29.6 Å². The highest BCUT2D eigenvalue weighted by Crippen LogP contribution is 2.22. The second-order valence-electron chi connectivity index (χ2n) is 7.59. The Labute approximate surface area is 198 Å². The number of nitrogens with one attached hydrogen (secondary N) is 2. The number of nitrogens with zero attached hydrogens (tertiary/aromatic N) is 1. The molecule has 1 heterocycles. The number of amides is 2. The Hall–Kier alpha value is -3.45. The minimum Gasteiger partial charge on any atom is -0.497 e. The molecule has 0 saturated heterocycles.